The van der Waals surface area contributed by atoms with Crippen LogP contribution in [0.5, 0.6) is 0 Å². The highest BCUT2D eigenvalue weighted by Gasteiger charge is 2.15. The van der Waals surface area contributed by atoms with E-state index in [0.717, 1.165) is 5.56 Å². The van der Waals surface area contributed by atoms with Gasteiger partial charge in [-0.1, -0.05) is 30.3 Å². The minimum atomic E-state index is -0.627. The maximum atomic E-state index is 13.9. The van der Waals surface area contributed by atoms with E-state index in [4.69, 9.17) is 0 Å². The van der Waals surface area contributed by atoms with Crippen molar-refractivity contribution >= 4 is 46.1 Å². The molecule has 1 aromatic heterocycles. The van der Waals surface area contributed by atoms with Gasteiger partial charge in [0.25, 0.3) is 17.7 Å². The number of anilines is 3. The van der Waals surface area contributed by atoms with E-state index < -0.39 is 17.6 Å². The van der Waals surface area contributed by atoms with Crippen molar-refractivity contribution in [2.24, 2.45) is 0 Å². The van der Waals surface area contributed by atoms with Crippen LogP contribution in [0.15, 0.2) is 84.2 Å². The first kappa shape index (κ1) is 22.9. The summed E-state index contributed by atoms with van der Waals surface area (Å²) in [5.41, 5.74) is 2.38. The van der Waals surface area contributed by atoms with Crippen molar-refractivity contribution in [3.8, 4) is 0 Å². The van der Waals surface area contributed by atoms with Crippen molar-refractivity contribution in [3.63, 3.8) is 0 Å². The van der Waals surface area contributed by atoms with Crippen molar-refractivity contribution in [3.05, 3.63) is 112 Å². The summed E-state index contributed by atoms with van der Waals surface area (Å²) in [6, 6.07) is 20.9. The summed E-state index contributed by atoms with van der Waals surface area (Å²) < 4.78 is 13.9. The summed E-state index contributed by atoms with van der Waals surface area (Å²) in [5, 5.41) is 10.1. The molecule has 0 saturated heterocycles. The fourth-order valence-electron chi connectivity index (χ4n) is 3.21. The van der Waals surface area contributed by atoms with Crippen molar-refractivity contribution in [2.45, 2.75) is 6.92 Å². The van der Waals surface area contributed by atoms with Crippen molar-refractivity contribution in [2.75, 3.05) is 16.0 Å². The van der Waals surface area contributed by atoms with Crippen LogP contribution in [-0.4, -0.2) is 17.7 Å². The van der Waals surface area contributed by atoms with E-state index in [-0.39, 0.29) is 11.5 Å². The monoisotopic (exact) mass is 473 g/mol. The van der Waals surface area contributed by atoms with Crippen LogP contribution in [-0.2, 0) is 0 Å². The number of halogens is 1. The summed E-state index contributed by atoms with van der Waals surface area (Å²) >= 11 is 1.34. The Morgan fingerprint density at radius 2 is 1.47 bits per heavy atom. The molecule has 6 nitrogen and oxygen atoms in total. The van der Waals surface area contributed by atoms with Gasteiger partial charge in [0.1, 0.15) is 5.82 Å². The maximum Gasteiger partial charge on any atom is 0.265 e. The van der Waals surface area contributed by atoms with Gasteiger partial charge in [-0.15, -0.1) is 11.3 Å². The second kappa shape index (κ2) is 10.1. The second-order valence-electron chi connectivity index (χ2n) is 7.43. The molecule has 0 aliphatic heterocycles. The van der Waals surface area contributed by atoms with E-state index in [0.29, 0.717) is 27.5 Å². The van der Waals surface area contributed by atoms with Crippen LogP contribution >= 0.6 is 11.3 Å². The minimum absolute atomic E-state index is 0.0850. The van der Waals surface area contributed by atoms with Gasteiger partial charge in [0, 0.05) is 22.6 Å². The Balaban J connectivity index is 1.47. The smallest absolute Gasteiger partial charge is 0.265 e. The first-order valence-corrected chi connectivity index (χ1v) is 11.2. The Morgan fingerprint density at radius 3 is 2.18 bits per heavy atom. The second-order valence-corrected chi connectivity index (χ2v) is 8.38. The lowest BCUT2D eigenvalue weighted by atomic mass is 10.1. The molecule has 3 amide bonds. The van der Waals surface area contributed by atoms with Crippen molar-refractivity contribution in [1.29, 1.82) is 0 Å². The Kier molecular flexibility index (Phi) is 6.79. The van der Waals surface area contributed by atoms with Crippen molar-refractivity contribution in [1.82, 2.24) is 0 Å². The lowest BCUT2D eigenvalue weighted by Gasteiger charge is -2.12. The third kappa shape index (κ3) is 5.36. The molecule has 0 aliphatic carbocycles. The molecule has 1 heterocycles. The molecule has 4 aromatic rings. The van der Waals surface area contributed by atoms with E-state index >= 15 is 0 Å². The maximum absolute atomic E-state index is 13.9. The number of carbonyl (C=O) groups excluding carboxylic acids is 3. The zero-order valence-corrected chi connectivity index (χ0v) is 18.9. The number of hydrogen-bond donors (Lipinski definition) is 3. The zero-order valence-electron chi connectivity index (χ0n) is 18.1. The number of thiophene rings is 1. The highest BCUT2D eigenvalue weighted by molar-refractivity contribution is 7.12. The molecule has 0 fully saturated rings. The average Bonchev–Trinajstić information content (AvgIpc) is 3.36. The van der Waals surface area contributed by atoms with Gasteiger partial charge in [-0.05, 0) is 66.4 Å². The Morgan fingerprint density at radius 1 is 0.735 bits per heavy atom. The van der Waals surface area contributed by atoms with E-state index in [9.17, 15) is 18.8 Å². The number of nitrogens with one attached hydrogen (secondary N) is 3. The van der Waals surface area contributed by atoms with E-state index in [1.807, 2.05) is 5.38 Å². The van der Waals surface area contributed by atoms with E-state index in [2.05, 4.69) is 16.0 Å². The first-order valence-electron chi connectivity index (χ1n) is 10.3. The molecular formula is C26H20FN3O3S. The third-order valence-corrected chi connectivity index (χ3v) is 5.86. The normalized spacial score (nSPS) is 10.4. The number of aryl methyl sites for hydroxylation is 1. The Labute approximate surface area is 199 Å². The summed E-state index contributed by atoms with van der Waals surface area (Å²) in [4.78, 5) is 38.2. The van der Waals surface area contributed by atoms with Gasteiger partial charge in [0.05, 0.1) is 10.4 Å². The van der Waals surface area contributed by atoms with Crippen LogP contribution in [0.3, 0.4) is 0 Å². The van der Waals surface area contributed by atoms with Crippen molar-refractivity contribution < 1.29 is 18.8 Å². The van der Waals surface area contributed by atoms with Crippen LogP contribution in [0.25, 0.3) is 0 Å². The number of benzene rings is 3. The topological polar surface area (TPSA) is 87.3 Å². The van der Waals surface area contributed by atoms with Crippen LogP contribution in [0.4, 0.5) is 21.5 Å². The third-order valence-electron chi connectivity index (χ3n) is 4.99. The molecule has 0 radical (unpaired) electrons. The van der Waals surface area contributed by atoms with E-state index in [1.54, 1.807) is 61.5 Å². The van der Waals surface area contributed by atoms with Gasteiger partial charge in [0.2, 0.25) is 0 Å². The standard InChI is InChI=1S/C26H20FN3O3S/c1-16-11-12-17(14-22(16)30-25(32)20-8-2-3-9-21(20)27)24(31)28-18-6-4-7-19(15-18)29-26(33)23-10-5-13-34-23/h2-15H,1H3,(H,28,31)(H,29,33)(H,30,32). The van der Waals surface area contributed by atoms with Crippen LogP contribution in [0.2, 0.25) is 0 Å². The first-order chi connectivity index (χ1) is 16.4. The van der Waals surface area contributed by atoms with E-state index in [1.165, 1.54) is 35.6 Å². The predicted octanol–water partition coefficient (Wildman–Crippen LogP) is 5.95. The Bertz CT molecular complexity index is 1370. The average molecular weight is 474 g/mol. The molecule has 0 saturated carbocycles. The zero-order chi connectivity index (χ0) is 24.1. The summed E-state index contributed by atoms with van der Waals surface area (Å²) in [6.07, 6.45) is 0. The number of hydrogen-bond acceptors (Lipinski definition) is 4. The summed E-state index contributed by atoms with van der Waals surface area (Å²) in [6.45, 7) is 1.78. The molecule has 0 bridgehead atoms. The lowest BCUT2D eigenvalue weighted by molar-refractivity contribution is 0.101. The van der Waals surface area contributed by atoms with Gasteiger partial charge < -0.3 is 16.0 Å². The molecule has 0 unspecified atom stereocenters. The molecule has 34 heavy (non-hydrogen) atoms. The molecule has 3 N–H and O–H groups in total. The van der Waals surface area contributed by atoms with Gasteiger partial charge in [-0.25, -0.2) is 4.39 Å². The quantitative estimate of drug-likeness (QED) is 0.323. The molecule has 0 aliphatic rings. The molecular weight excluding hydrogens is 453 g/mol. The lowest BCUT2D eigenvalue weighted by Crippen LogP contribution is -2.16. The number of rotatable bonds is 6. The predicted molar refractivity (Wildman–Crippen MR) is 132 cm³/mol. The molecule has 4 rings (SSSR count). The number of amides is 3. The summed E-state index contributed by atoms with van der Waals surface area (Å²) in [7, 11) is 0. The molecule has 170 valence electrons. The fraction of sp³-hybridized carbons (Fsp3) is 0.0385. The van der Waals surface area contributed by atoms with Crippen LogP contribution in [0.1, 0.15) is 36.0 Å². The van der Waals surface area contributed by atoms with Gasteiger partial charge in [-0.2, -0.15) is 0 Å². The largest absolute Gasteiger partial charge is 0.322 e. The highest BCUT2D eigenvalue weighted by atomic mass is 32.1. The summed E-state index contributed by atoms with van der Waals surface area (Å²) in [5.74, 6) is -1.86. The molecule has 8 heteroatoms. The fourth-order valence-corrected chi connectivity index (χ4v) is 3.83. The highest BCUT2D eigenvalue weighted by Crippen LogP contribution is 2.22. The molecule has 0 spiro atoms. The van der Waals surface area contributed by atoms with Gasteiger partial charge in [0.15, 0.2) is 0 Å². The van der Waals surface area contributed by atoms with Crippen LogP contribution < -0.4 is 16.0 Å². The number of carbonyl (C=O) groups is 3. The van der Waals surface area contributed by atoms with Gasteiger partial charge >= 0.3 is 0 Å². The molecule has 3 aromatic carbocycles. The Hall–Kier alpha value is -4.30. The molecule has 0 atom stereocenters. The minimum Gasteiger partial charge on any atom is -0.322 e. The van der Waals surface area contributed by atoms with Gasteiger partial charge in [-0.3, -0.25) is 14.4 Å². The van der Waals surface area contributed by atoms with Crippen LogP contribution in [0, 0.1) is 12.7 Å². The SMILES string of the molecule is Cc1ccc(C(=O)Nc2cccc(NC(=O)c3cccs3)c2)cc1NC(=O)c1ccccc1F.